The van der Waals surface area contributed by atoms with Gasteiger partial charge in [-0.1, -0.05) is 6.42 Å². The minimum Gasteiger partial charge on any atom is -0.0522 e. The summed E-state index contributed by atoms with van der Waals surface area (Å²) in [6.45, 7) is 0. The number of fused-ring (bicyclic) bond motifs is 2. The summed E-state index contributed by atoms with van der Waals surface area (Å²) in [4.78, 5) is 0. The minimum atomic E-state index is 0.991. The van der Waals surface area contributed by atoms with Crippen molar-refractivity contribution in [1.82, 2.24) is 0 Å². The van der Waals surface area contributed by atoms with Crippen LogP contribution in [-0.2, 0) is 0 Å². The van der Waals surface area contributed by atoms with Crippen molar-refractivity contribution < 1.29 is 0 Å². The van der Waals surface area contributed by atoms with Crippen LogP contribution >= 0.6 is 0 Å². The Morgan fingerprint density at radius 2 is 1.44 bits per heavy atom. The van der Waals surface area contributed by atoms with Gasteiger partial charge in [0.15, 0.2) is 0 Å². The highest BCUT2D eigenvalue weighted by atomic mass is 15.0. The third-order valence-corrected chi connectivity index (χ3v) is 5.05. The highest BCUT2D eigenvalue weighted by Gasteiger charge is 2.96. The first kappa shape index (κ1) is 4.00. The molecular formula is C9H12. The third-order valence-electron chi connectivity index (χ3n) is 5.05. The molecule has 5 fully saturated rings. The van der Waals surface area contributed by atoms with E-state index < -0.39 is 0 Å². The molecule has 0 N–H and O–H groups in total. The Bertz CT molecular complexity index is 177. The molecule has 0 aromatic heterocycles. The van der Waals surface area contributed by atoms with Crippen molar-refractivity contribution in [3.05, 3.63) is 0 Å². The van der Waals surface area contributed by atoms with Gasteiger partial charge in [0.1, 0.15) is 0 Å². The van der Waals surface area contributed by atoms with E-state index in [1.165, 1.54) is 0 Å². The van der Waals surface area contributed by atoms with Crippen molar-refractivity contribution >= 4 is 0 Å². The molecule has 5 aliphatic carbocycles. The van der Waals surface area contributed by atoms with Gasteiger partial charge < -0.3 is 0 Å². The fraction of sp³-hybridized carbons (Fsp3) is 1.00. The fourth-order valence-electron chi connectivity index (χ4n) is 4.67. The normalized spacial score (nSPS) is 80.0. The molecule has 9 heavy (non-hydrogen) atoms. The Kier molecular flexibility index (Phi) is 0.302. The molecule has 0 nitrogen and oxygen atoms in total. The summed E-state index contributed by atoms with van der Waals surface area (Å²) < 4.78 is 0. The zero-order chi connectivity index (χ0) is 5.74. The summed E-state index contributed by atoms with van der Waals surface area (Å²) in [6.07, 6.45) is 9.74. The maximum atomic E-state index is 1.65. The first-order chi connectivity index (χ1) is 4.33. The van der Waals surface area contributed by atoms with E-state index in [1.807, 2.05) is 0 Å². The topological polar surface area (TPSA) is 0 Å². The quantitative estimate of drug-likeness (QED) is 0.460. The smallest absolute Gasteiger partial charge is 0.0173 e. The summed E-state index contributed by atoms with van der Waals surface area (Å²) in [7, 11) is 0. The minimum absolute atomic E-state index is 0.991. The van der Waals surface area contributed by atoms with E-state index in [1.54, 1.807) is 38.5 Å². The Morgan fingerprint density at radius 3 is 1.89 bits per heavy atom. The van der Waals surface area contributed by atoms with E-state index in [-0.39, 0.29) is 0 Å². The largest absolute Gasteiger partial charge is 0.0522 e. The van der Waals surface area contributed by atoms with Crippen molar-refractivity contribution in [3.8, 4) is 0 Å². The lowest BCUT2D eigenvalue weighted by Gasteiger charge is -2.40. The molecule has 5 saturated carbocycles. The summed E-state index contributed by atoms with van der Waals surface area (Å²) >= 11 is 0. The van der Waals surface area contributed by atoms with Crippen LogP contribution in [0.3, 0.4) is 0 Å². The molecule has 0 aliphatic heterocycles. The van der Waals surface area contributed by atoms with Gasteiger partial charge in [0.25, 0.3) is 0 Å². The molecule has 48 valence electrons. The molecule has 5 rings (SSSR count). The lowest BCUT2D eigenvalue weighted by molar-refractivity contribution is 0.0985. The summed E-state index contributed by atoms with van der Waals surface area (Å²) in [5.41, 5.74) is 3.01. The highest BCUT2D eigenvalue weighted by molar-refractivity contribution is 5.44. The van der Waals surface area contributed by atoms with Crippen LogP contribution in [0.5, 0.6) is 0 Å². The lowest BCUT2D eigenvalue weighted by atomic mass is 9.65. The molecule has 2 unspecified atom stereocenters. The van der Waals surface area contributed by atoms with Crippen LogP contribution in [0.25, 0.3) is 0 Å². The average molecular weight is 120 g/mol. The zero-order valence-corrected chi connectivity index (χ0v) is 5.74. The molecule has 0 aromatic carbocycles. The van der Waals surface area contributed by atoms with Gasteiger partial charge in [0.05, 0.1) is 0 Å². The molecule has 3 atom stereocenters. The standard InChI is InChI=1S/C9H12/c1-2-7-4-8(3-1)6-9(7,8)5-7/h1-6H2/t7-,8?,9?/m0/s1. The van der Waals surface area contributed by atoms with Crippen LogP contribution in [0.2, 0.25) is 0 Å². The van der Waals surface area contributed by atoms with Gasteiger partial charge in [-0.2, -0.15) is 0 Å². The maximum Gasteiger partial charge on any atom is -0.0173 e. The molecule has 0 heterocycles. The van der Waals surface area contributed by atoms with E-state index >= 15 is 0 Å². The predicted octanol–water partition coefficient (Wildman–Crippen LogP) is 2.34. The Morgan fingerprint density at radius 1 is 0.778 bits per heavy atom. The second-order valence-corrected chi connectivity index (χ2v) is 5.03. The first-order valence-corrected chi connectivity index (χ1v) is 4.33. The van der Waals surface area contributed by atoms with E-state index in [0.29, 0.717) is 0 Å². The molecule has 3 spiro atoms. The Labute approximate surface area is 55.6 Å². The molecule has 0 amide bonds. The summed E-state index contributed by atoms with van der Waals surface area (Å²) in [5.74, 6) is 0. The van der Waals surface area contributed by atoms with Crippen molar-refractivity contribution in [2.45, 2.75) is 38.5 Å². The van der Waals surface area contributed by atoms with Crippen molar-refractivity contribution in [3.63, 3.8) is 0 Å². The average Bonchev–Trinajstić information content (AvgIpc) is 2.53. The molecule has 0 heteroatoms. The van der Waals surface area contributed by atoms with Crippen LogP contribution in [0, 0.1) is 16.2 Å². The van der Waals surface area contributed by atoms with Gasteiger partial charge in [-0.15, -0.1) is 0 Å². The monoisotopic (exact) mass is 120 g/mol. The van der Waals surface area contributed by atoms with Crippen molar-refractivity contribution in [1.29, 1.82) is 0 Å². The van der Waals surface area contributed by atoms with Crippen LogP contribution in [-0.4, -0.2) is 0 Å². The first-order valence-electron chi connectivity index (χ1n) is 4.33. The van der Waals surface area contributed by atoms with E-state index in [9.17, 15) is 0 Å². The maximum absolute atomic E-state index is 1.65. The predicted molar refractivity (Wildman–Crippen MR) is 35.0 cm³/mol. The van der Waals surface area contributed by atoms with Gasteiger partial charge >= 0.3 is 0 Å². The lowest BCUT2D eigenvalue weighted by Crippen LogP contribution is -2.30. The van der Waals surface area contributed by atoms with Crippen LogP contribution < -0.4 is 0 Å². The Balaban J connectivity index is 1.99. The van der Waals surface area contributed by atoms with Crippen LogP contribution in [0.15, 0.2) is 0 Å². The number of hydrogen-bond donors (Lipinski definition) is 0. The third kappa shape index (κ3) is 0.180. The number of hydrogen-bond acceptors (Lipinski definition) is 0. The van der Waals surface area contributed by atoms with Crippen molar-refractivity contribution in [2.24, 2.45) is 16.2 Å². The van der Waals surface area contributed by atoms with Gasteiger partial charge in [0.2, 0.25) is 0 Å². The molecule has 5 aliphatic rings. The SMILES string of the molecule is C1CC23CC24C[C@]4(C1)C3. The van der Waals surface area contributed by atoms with Crippen molar-refractivity contribution in [2.75, 3.05) is 0 Å². The van der Waals surface area contributed by atoms with Gasteiger partial charge in [-0.05, 0) is 48.3 Å². The number of rotatable bonds is 0. The summed E-state index contributed by atoms with van der Waals surface area (Å²) in [6, 6.07) is 0. The van der Waals surface area contributed by atoms with Gasteiger partial charge in [0, 0.05) is 0 Å². The second kappa shape index (κ2) is 0.681. The fourth-order valence-corrected chi connectivity index (χ4v) is 4.67. The molecule has 0 radical (unpaired) electrons. The summed E-state index contributed by atoms with van der Waals surface area (Å²) in [5, 5.41) is 0. The molecular weight excluding hydrogens is 108 g/mol. The highest BCUT2D eigenvalue weighted by Crippen LogP contribution is 3.04. The van der Waals surface area contributed by atoms with Crippen LogP contribution in [0.4, 0.5) is 0 Å². The van der Waals surface area contributed by atoms with E-state index in [4.69, 9.17) is 0 Å². The Hall–Kier alpha value is 0. The van der Waals surface area contributed by atoms with Gasteiger partial charge in [-0.25, -0.2) is 0 Å². The van der Waals surface area contributed by atoms with E-state index in [2.05, 4.69) is 0 Å². The molecule has 2 bridgehead atoms. The van der Waals surface area contributed by atoms with Crippen LogP contribution in [0.1, 0.15) is 38.5 Å². The molecule has 0 aromatic rings. The molecule has 0 saturated heterocycles. The van der Waals surface area contributed by atoms with Gasteiger partial charge in [-0.3, -0.25) is 0 Å². The second-order valence-electron chi connectivity index (χ2n) is 5.03. The van der Waals surface area contributed by atoms with E-state index in [0.717, 1.165) is 16.2 Å². The zero-order valence-electron chi connectivity index (χ0n) is 5.74.